The molecule has 0 aliphatic rings. The number of rotatable bonds is 5. The highest BCUT2D eigenvalue weighted by atomic mass is 32.2. The zero-order valence-corrected chi connectivity index (χ0v) is 12.6. The van der Waals surface area contributed by atoms with Gasteiger partial charge in [0.1, 0.15) is 5.75 Å². The standard InChI is InChI=1S/C14H18N2O3S/c1-11(2)10-19-13-6-4-12(5-7-13)14-15-8-9-16(14)20(3,17)18/h4-9,11H,10H2,1-3H3. The Balaban J connectivity index is 2.25. The third kappa shape index (κ3) is 3.39. The lowest BCUT2D eigenvalue weighted by Gasteiger charge is -2.09. The van der Waals surface area contributed by atoms with Gasteiger partial charge in [-0.1, -0.05) is 13.8 Å². The van der Waals surface area contributed by atoms with Crippen LogP contribution in [0.25, 0.3) is 11.4 Å². The maximum atomic E-state index is 11.6. The number of nitrogens with zero attached hydrogens (tertiary/aromatic N) is 2. The van der Waals surface area contributed by atoms with Crippen molar-refractivity contribution in [1.29, 1.82) is 0 Å². The van der Waals surface area contributed by atoms with E-state index in [1.807, 2.05) is 12.1 Å². The van der Waals surface area contributed by atoms with Crippen LogP contribution in [0.2, 0.25) is 0 Å². The molecule has 2 aromatic rings. The molecule has 1 heterocycles. The smallest absolute Gasteiger partial charge is 0.237 e. The summed E-state index contributed by atoms with van der Waals surface area (Å²) in [7, 11) is -3.35. The largest absolute Gasteiger partial charge is 0.493 e. The fourth-order valence-corrected chi connectivity index (χ4v) is 2.47. The lowest BCUT2D eigenvalue weighted by atomic mass is 10.2. The van der Waals surface area contributed by atoms with Gasteiger partial charge in [-0.2, -0.15) is 0 Å². The van der Waals surface area contributed by atoms with Gasteiger partial charge in [-0.15, -0.1) is 0 Å². The average molecular weight is 294 g/mol. The minimum absolute atomic E-state index is 0.405. The molecule has 0 N–H and O–H groups in total. The maximum absolute atomic E-state index is 11.6. The number of aromatic nitrogens is 2. The molecule has 0 atom stereocenters. The van der Waals surface area contributed by atoms with E-state index in [1.54, 1.807) is 12.1 Å². The summed E-state index contributed by atoms with van der Waals surface area (Å²) in [6.07, 6.45) is 4.06. The van der Waals surface area contributed by atoms with Crippen LogP contribution in [0.3, 0.4) is 0 Å². The molecule has 20 heavy (non-hydrogen) atoms. The number of benzene rings is 1. The van der Waals surface area contributed by atoms with Crippen molar-refractivity contribution in [2.45, 2.75) is 13.8 Å². The van der Waals surface area contributed by atoms with Gasteiger partial charge < -0.3 is 4.74 Å². The predicted octanol–water partition coefficient (Wildman–Crippen LogP) is 2.39. The van der Waals surface area contributed by atoms with Crippen molar-refractivity contribution in [3.63, 3.8) is 0 Å². The van der Waals surface area contributed by atoms with Crippen LogP contribution >= 0.6 is 0 Å². The Labute approximate surface area is 119 Å². The van der Waals surface area contributed by atoms with Crippen molar-refractivity contribution in [3.05, 3.63) is 36.7 Å². The lowest BCUT2D eigenvalue weighted by molar-refractivity contribution is 0.271. The number of imidazole rings is 1. The van der Waals surface area contributed by atoms with E-state index in [0.29, 0.717) is 18.3 Å². The van der Waals surface area contributed by atoms with Gasteiger partial charge in [-0.05, 0) is 30.2 Å². The second kappa shape index (κ2) is 5.66. The first kappa shape index (κ1) is 14.6. The fourth-order valence-electron chi connectivity index (χ4n) is 1.72. The Bertz CT molecular complexity index is 673. The zero-order valence-electron chi connectivity index (χ0n) is 11.8. The van der Waals surface area contributed by atoms with Crippen molar-refractivity contribution in [1.82, 2.24) is 8.96 Å². The quantitative estimate of drug-likeness (QED) is 0.849. The van der Waals surface area contributed by atoms with E-state index in [2.05, 4.69) is 18.8 Å². The molecular weight excluding hydrogens is 276 g/mol. The summed E-state index contributed by atoms with van der Waals surface area (Å²) in [5.74, 6) is 1.63. The summed E-state index contributed by atoms with van der Waals surface area (Å²) in [6, 6.07) is 7.25. The minimum Gasteiger partial charge on any atom is -0.493 e. The molecule has 0 unspecified atom stereocenters. The summed E-state index contributed by atoms with van der Waals surface area (Å²) in [5.41, 5.74) is 0.734. The van der Waals surface area contributed by atoms with E-state index >= 15 is 0 Å². The molecule has 0 saturated carbocycles. The first-order valence-corrected chi connectivity index (χ1v) is 8.20. The SMILES string of the molecule is CC(C)COc1ccc(-c2nccn2S(C)(=O)=O)cc1. The summed E-state index contributed by atoms with van der Waals surface area (Å²) < 4.78 is 30.0. The van der Waals surface area contributed by atoms with E-state index in [9.17, 15) is 8.42 Å². The minimum atomic E-state index is -3.35. The third-order valence-corrected chi connectivity index (χ3v) is 3.67. The predicted molar refractivity (Wildman–Crippen MR) is 78.2 cm³/mol. The average Bonchev–Trinajstić information content (AvgIpc) is 2.86. The Morgan fingerprint density at radius 2 is 1.90 bits per heavy atom. The topological polar surface area (TPSA) is 61.2 Å². The van der Waals surface area contributed by atoms with Crippen molar-refractivity contribution in [3.8, 4) is 17.1 Å². The first-order valence-electron chi connectivity index (χ1n) is 6.35. The van der Waals surface area contributed by atoms with Gasteiger partial charge in [-0.3, -0.25) is 0 Å². The van der Waals surface area contributed by atoms with Gasteiger partial charge in [0.25, 0.3) is 0 Å². The molecule has 0 aliphatic heterocycles. The monoisotopic (exact) mass is 294 g/mol. The van der Waals surface area contributed by atoms with Gasteiger partial charge in [-0.25, -0.2) is 17.4 Å². The van der Waals surface area contributed by atoms with E-state index in [1.165, 1.54) is 12.4 Å². The molecule has 5 nitrogen and oxygen atoms in total. The highest BCUT2D eigenvalue weighted by Crippen LogP contribution is 2.22. The molecule has 0 spiro atoms. The molecule has 2 rings (SSSR count). The van der Waals surface area contributed by atoms with Crippen LogP contribution in [0.1, 0.15) is 13.8 Å². The second-order valence-electron chi connectivity index (χ2n) is 5.04. The van der Waals surface area contributed by atoms with Crippen molar-refractivity contribution >= 4 is 10.0 Å². The maximum Gasteiger partial charge on any atom is 0.237 e. The van der Waals surface area contributed by atoms with Gasteiger partial charge in [0, 0.05) is 18.0 Å². The van der Waals surface area contributed by atoms with Crippen LogP contribution in [-0.4, -0.2) is 30.2 Å². The zero-order chi connectivity index (χ0) is 14.8. The van der Waals surface area contributed by atoms with Crippen molar-refractivity contribution in [2.24, 2.45) is 5.92 Å². The summed E-state index contributed by atoms with van der Waals surface area (Å²) >= 11 is 0. The van der Waals surface area contributed by atoms with E-state index in [-0.39, 0.29) is 0 Å². The van der Waals surface area contributed by atoms with Gasteiger partial charge in [0.05, 0.1) is 12.9 Å². The van der Waals surface area contributed by atoms with Crippen molar-refractivity contribution in [2.75, 3.05) is 12.9 Å². The second-order valence-corrected chi connectivity index (χ2v) is 6.90. The summed E-state index contributed by atoms with van der Waals surface area (Å²) in [5, 5.41) is 0. The Hall–Kier alpha value is -1.82. The lowest BCUT2D eigenvalue weighted by Crippen LogP contribution is -2.10. The Morgan fingerprint density at radius 1 is 1.25 bits per heavy atom. The van der Waals surface area contributed by atoms with Gasteiger partial charge in [0.15, 0.2) is 5.82 Å². The molecule has 0 fully saturated rings. The van der Waals surface area contributed by atoms with Crippen LogP contribution in [0.4, 0.5) is 0 Å². The molecule has 0 radical (unpaired) electrons. The molecule has 0 saturated heterocycles. The highest BCUT2D eigenvalue weighted by molar-refractivity contribution is 7.89. The molecule has 1 aromatic heterocycles. The van der Waals surface area contributed by atoms with Crippen LogP contribution in [-0.2, 0) is 10.0 Å². The van der Waals surface area contributed by atoms with Crippen LogP contribution in [0.5, 0.6) is 5.75 Å². The van der Waals surface area contributed by atoms with Crippen LogP contribution in [0.15, 0.2) is 36.7 Å². The third-order valence-electron chi connectivity index (χ3n) is 2.66. The molecule has 108 valence electrons. The summed E-state index contributed by atoms with van der Waals surface area (Å²) in [4.78, 5) is 4.10. The van der Waals surface area contributed by atoms with Gasteiger partial charge >= 0.3 is 0 Å². The molecule has 1 aromatic carbocycles. The molecule has 6 heteroatoms. The number of hydrogen-bond acceptors (Lipinski definition) is 4. The Morgan fingerprint density at radius 3 is 2.45 bits per heavy atom. The van der Waals surface area contributed by atoms with E-state index in [4.69, 9.17) is 4.74 Å². The van der Waals surface area contributed by atoms with Gasteiger partial charge in [0.2, 0.25) is 10.0 Å². The molecule has 0 amide bonds. The highest BCUT2D eigenvalue weighted by Gasteiger charge is 2.13. The molecular formula is C14H18N2O3S. The Kier molecular flexibility index (Phi) is 4.13. The molecule has 0 bridgehead atoms. The summed E-state index contributed by atoms with van der Waals surface area (Å²) in [6.45, 7) is 4.81. The fraction of sp³-hybridized carbons (Fsp3) is 0.357. The van der Waals surface area contributed by atoms with Crippen LogP contribution in [0, 0.1) is 5.92 Å². The van der Waals surface area contributed by atoms with Crippen molar-refractivity contribution < 1.29 is 13.2 Å². The van der Waals surface area contributed by atoms with Crippen LogP contribution < -0.4 is 4.74 Å². The normalized spacial score (nSPS) is 11.8. The van der Waals surface area contributed by atoms with E-state index < -0.39 is 10.0 Å². The van der Waals surface area contributed by atoms with E-state index in [0.717, 1.165) is 21.5 Å². The first-order chi connectivity index (χ1) is 9.38. The number of ether oxygens (including phenoxy) is 1. The number of hydrogen-bond donors (Lipinski definition) is 0. The molecule has 0 aliphatic carbocycles.